The molecule has 3 rings (SSSR count). The largest absolute Gasteiger partial charge is 0.394 e. The van der Waals surface area contributed by atoms with Gasteiger partial charge in [-0.05, 0) is 24.7 Å². The number of halogens is 4. The Bertz CT molecular complexity index is 210. The van der Waals surface area contributed by atoms with Crippen molar-refractivity contribution in [3.8, 4) is 0 Å². The zero-order valence-corrected chi connectivity index (χ0v) is 9.63. The Kier molecular flexibility index (Phi) is 2.32. The molecule has 0 aromatic heterocycles. The molecule has 0 aliphatic heterocycles. The van der Waals surface area contributed by atoms with Crippen molar-refractivity contribution in [1.82, 2.24) is 0 Å². The van der Waals surface area contributed by atoms with Gasteiger partial charge in [0.2, 0.25) is 0 Å². The summed E-state index contributed by atoms with van der Waals surface area (Å²) >= 11 is 1.98. The van der Waals surface area contributed by atoms with Crippen LogP contribution in [-0.2, 0) is 4.18 Å². The van der Waals surface area contributed by atoms with Gasteiger partial charge in [-0.25, -0.2) is 0 Å². The fraction of sp³-hybridized carbons (Fsp3) is 1.00. The minimum Gasteiger partial charge on any atom is -0.305 e. The maximum absolute atomic E-state index is 12.4. The summed E-state index contributed by atoms with van der Waals surface area (Å²) < 4.78 is 42.2. The summed E-state index contributed by atoms with van der Waals surface area (Å²) in [6.45, 7) is 0.471. The van der Waals surface area contributed by atoms with Gasteiger partial charge in [0.05, 0.1) is 21.2 Å². The number of hydrogen-bond acceptors (Lipinski definition) is 2. The first-order valence-corrected chi connectivity index (χ1v) is 7.19. The average Bonchev–Trinajstić information content (AvgIpc) is 1.78. The van der Waals surface area contributed by atoms with Crippen molar-refractivity contribution in [3.63, 3.8) is 0 Å². The predicted molar refractivity (Wildman–Crippen MR) is 52.3 cm³/mol. The van der Waals surface area contributed by atoms with Gasteiger partial charge in [0, 0.05) is 21.2 Å². The van der Waals surface area contributed by atoms with Gasteiger partial charge in [-0.15, -0.1) is 0 Å². The van der Waals surface area contributed by atoms with E-state index < -0.39 is 11.6 Å². The Morgan fingerprint density at radius 1 is 1.31 bits per heavy atom. The molecule has 0 amide bonds. The standard InChI is InChI=1S/C7H8F3IOS/c8-7(9,10)6-1-5(2-6,3-6)4-12-13-11/h1-4H2. The van der Waals surface area contributed by atoms with E-state index >= 15 is 0 Å². The van der Waals surface area contributed by atoms with Crippen molar-refractivity contribution in [1.29, 1.82) is 0 Å². The van der Waals surface area contributed by atoms with Crippen LogP contribution in [0.25, 0.3) is 0 Å². The van der Waals surface area contributed by atoms with Crippen LogP contribution >= 0.6 is 30.4 Å². The molecule has 1 nitrogen and oxygen atoms in total. The van der Waals surface area contributed by atoms with Gasteiger partial charge in [-0.2, -0.15) is 13.2 Å². The van der Waals surface area contributed by atoms with Gasteiger partial charge in [-0.1, -0.05) is 0 Å². The molecule has 3 fully saturated rings. The molecule has 0 N–H and O–H groups in total. The van der Waals surface area contributed by atoms with E-state index in [4.69, 9.17) is 4.18 Å². The van der Waals surface area contributed by atoms with Crippen LogP contribution in [0.15, 0.2) is 0 Å². The molecule has 0 atom stereocenters. The fourth-order valence-electron chi connectivity index (χ4n) is 2.60. The number of alkyl halides is 3. The van der Waals surface area contributed by atoms with E-state index in [1.165, 1.54) is 9.21 Å². The highest BCUT2D eigenvalue weighted by Crippen LogP contribution is 2.78. The van der Waals surface area contributed by atoms with E-state index in [1.54, 1.807) is 0 Å². The van der Waals surface area contributed by atoms with Gasteiger partial charge in [-0.3, -0.25) is 0 Å². The third kappa shape index (κ3) is 1.40. The van der Waals surface area contributed by atoms with Crippen LogP contribution in [0.3, 0.4) is 0 Å². The summed E-state index contributed by atoms with van der Waals surface area (Å²) in [5, 5.41) is 0. The quantitative estimate of drug-likeness (QED) is 0.578. The second-order valence-corrected chi connectivity index (χ2v) is 5.57. The molecular formula is C7H8F3IOS. The van der Waals surface area contributed by atoms with E-state index in [0.29, 0.717) is 6.61 Å². The van der Waals surface area contributed by atoms with Crippen molar-refractivity contribution in [2.75, 3.05) is 6.61 Å². The third-order valence-corrected chi connectivity index (χ3v) is 4.12. The smallest absolute Gasteiger partial charge is 0.305 e. The van der Waals surface area contributed by atoms with Crippen LogP contribution in [0, 0.1) is 10.8 Å². The lowest BCUT2D eigenvalue weighted by atomic mass is 9.35. The molecule has 0 spiro atoms. The van der Waals surface area contributed by atoms with E-state index in [-0.39, 0.29) is 24.7 Å². The van der Waals surface area contributed by atoms with Crippen molar-refractivity contribution in [3.05, 3.63) is 0 Å². The summed E-state index contributed by atoms with van der Waals surface area (Å²) in [6.07, 6.45) is -3.16. The number of hydrogen-bond donors (Lipinski definition) is 0. The molecule has 13 heavy (non-hydrogen) atoms. The average molecular weight is 324 g/mol. The lowest BCUT2D eigenvalue weighted by Crippen LogP contribution is -2.69. The molecular weight excluding hydrogens is 316 g/mol. The van der Waals surface area contributed by atoms with E-state index in [2.05, 4.69) is 0 Å². The molecule has 76 valence electrons. The predicted octanol–water partition coefficient (Wildman–Crippen LogP) is 3.73. The van der Waals surface area contributed by atoms with Crippen molar-refractivity contribution >= 4 is 30.4 Å². The molecule has 0 unspecified atom stereocenters. The first-order valence-electron chi connectivity index (χ1n) is 3.90. The fourth-order valence-corrected chi connectivity index (χ4v) is 3.28. The Labute approximate surface area is 90.6 Å². The molecule has 3 aliphatic rings. The molecule has 6 heteroatoms. The van der Waals surface area contributed by atoms with Crippen LogP contribution in [-0.4, -0.2) is 12.8 Å². The monoisotopic (exact) mass is 324 g/mol. The van der Waals surface area contributed by atoms with E-state index in [9.17, 15) is 13.2 Å². The maximum Gasteiger partial charge on any atom is 0.394 e. The molecule has 0 heterocycles. The second kappa shape index (κ2) is 2.91. The first kappa shape index (κ1) is 10.4. The topological polar surface area (TPSA) is 9.23 Å². The van der Waals surface area contributed by atoms with Gasteiger partial charge < -0.3 is 4.18 Å². The highest BCUT2D eigenvalue weighted by atomic mass is 127. The van der Waals surface area contributed by atoms with Gasteiger partial charge in [0.1, 0.15) is 0 Å². The zero-order chi connectivity index (χ0) is 9.74. The Balaban J connectivity index is 1.86. The van der Waals surface area contributed by atoms with Gasteiger partial charge in [0.25, 0.3) is 0 Å². The van der Waals surface area contributed by atoms with Crippen molar-refractivity contribution in [2.45, 2.75) is 25.4 Å². The second-order valence-electron chi connectivity index (χ2n) is 4.13. The van der Waals surface area contributed by atoms with E-state index in [0.717, 1.165) is 0 Å². The SMILES string of the molecule is FC(F)(F)C12CC(COSI)(C1)C2. The third-order valence-electron chi connectivity index (χ3n) is 3.15. The van der Waals surface area contributed by atoms with Gasteiger partial charge in [0.15, 0.2) is 0 Å². The van der Waals surface area contributed by atoms with Crippen LogP contribution < -0.4 is 0 Å². The Morgan fingerprint density at radius 2 is 1.85 bits per heavy atom. The molecule has 0 aromatic carbocycles. The summed E-state index contributed by atoms with van der Waals surface area (Å²) in [4.78, 5) is 0. The highest BCUT2D eigenvalue weighted by molar-refractivity contribution is 14.2. The van der Waals surface area contributed by atoms with Crippen LogP contribution in [0.1, 0.15) is 19.3 Å². The normalized spacial score (nSPS) is 42.5. The number of rotatable bonds is 3. The Hall–Kier alpha value is 0.830. The molecule has 2 bridgehead atoms. The maximum atomic E-state index is 12.4. The molecule has 3 saturated carbocycles. The minimum absolute atomic E-state index is 0.131. The summed E-state index contributed by atoms with van der Waals surface area (Å²) in [6, 6.07) is 0. The lowest BCUT2D eigenvalue weighted by molar-refractivity contribution is -0.366. The first-order chi connectivity index (χ1) is 5.93. The van der Waals surface area contributed by atoms with Gasteiger partial charge >= 0.3 is 6.18 Å². The molecule has 0 aromatic rings. The molecule has 0 radical (unpaired) electrons. The van der Waals surface area contributed by atoms with Crippen LogP contribution in [0.5, 0.6) is 0 Å². The highest BCUT2D eigenvalue weighted by Gasteiger charge is 2.78. The summed E-state index contributed by atoms with van der Waals surface area (Å²) in [5.74, 6) is 0. The van der Waals surface area contributed by atoms with Crippen LogP contribution in [0.2, 0.25) is 0 Å². The zero-order valence-electron chi connectivity index (χ0n) is 6.66. The lowest BCUT2D eigenvalue weighted by Gasteiger charge is -2.70. The molecule has 3 aliphatic carbocycles. The Morgan fingerprint density at radius 3 is 2.23 bits per heavy atom. The molecule has 0 saturated heterocycles. The van der Waals surface area contributed by atoms with E-state index in [1.807, 2.05) is 21.2 Å². The van der Waals surface area contributed by atoms with Crippen LogP contribution in [0.4, 0.5) is 13.2 Å². The van der Waals surface area contributed by atoms with Crippen molar-refractivity contribution < 1.29 is 17.4 Å². The summed E-state index contributed by atoms with van der Waals surface area (Å²) in [5.41, 5.74) is -1.46. The van der Waals surface area contributed by atoms with Crippen molar-refractivity contribution in [2.24, 2.45) is 10.8 Å². The minimum atomic E-state index is -3.99. The summed E-state index contributed by atoms with van der Waals surface area (Å²) in [7, 11) is 1.20.